The molecule has 0 unspecified atom stereocenters. The minimum atomic E-state index is 0.463. The summed E-state index contributed by atoms with van der Waals surface area (Å²) in [4.78, 5) is 8.75. The summed E-state index contributed by atoms with van der Waals surface area (Å²) < 4.78 is 5.49. The van der Waals surface area contributed by atoms with Crippen LogP contribution in [0.5, 0.6) is 0 Å². The van der Waals surface area contributed by atoms with Gasteiger partial charge in [0.05, 0.1) is 23.6 Å². The van der Waals surface area contributed by atoms with Crippen LogP contribution in [0.3, 0.4) is 0 Å². The Labute approximate surface area is 112 Å². The minimum absolute atomic E-state index is 0.463. The van der Waals surface area contributed by atoms with E-state index >= 15 is 0 Å². The number of nitrogens with one attached hydrogen (secondary N) is 1. The molecule has 2 heterocycles. The van der Waals surface area contributed by atoms with Crippen LogP contribution < -0.4 is 5.32 Å². The number of hydrogen-bond donors (Lipinski definition) is 1. The molecule has 6 nitrogen and oxygen atoms in total. The number of rotatable bonds is 5. The summed E-state index contributed by atoms with van der Waals surface area (Å²) in [6, 6.07) is 0. The highest BCUT2D eigenvalue weighted by molar-refractivity contribution is 5.26. The second-order valence-corrected chi connectivity index (χ2v) is 4.34. The molecular formula is C13H19N5O. The van der Waals surface area contributed by atoms with Crippen LogP contribution in [-0.2, 0) is 19.4 Å². The minimum Gasteiger partial charge on any atom is -0.444 e. The van der Waals surface area contributed by atoms with Gasteiger partial charge in [-0.3, -0.25) is 0 Å². The number of aryl methyl sites for hydroxylation is 4. The fraction of sp³-hybridized carbons (Fsp3) is 0.538. The molecule has 102 valence electrons. The first-order valence-corrected chi connectivity index (χ1v) is 6.53. The van der Waals surface area contributed by atoms with Gasteiger partial charge < -0.3 is 9.73 Å². The molecule has 19 heavy (non-hydrogen) atoms. The van der Waals surface area contributed by atoms with Crippen molar-refractivity contribution >= 4 is 5.95 Å². The molecule has 0 aliphatic rings. The summed E-state index contributed by atoms with van der Waals surface area (Å²) in [6.07, 6.45) is 1.70. The van der Waals surface area contributed by atoms with E-state index in [0.717, 1.165) is 35.7 Å². The highest BCUT2D eigenvalue weighted by atomic mass is 16.4. The Morgan fingerprint density at radius 2 is 1.74 bits per heavy atom. The molecule has 0 aliphatic heterocycles. The Morgan fingerprint density at radius 3 is 2.32 bits per heavy atom. The van der Waals surface area contributed by atoms with Crippen molar-refractivity contribution in [3.8, 4) is 0 Å². The topological polar surface area (TPSA) is 76.7 Å². The van der Waals surface area contributed by atoms with E-state index in [2.05, 4.69) is 39.3 Å². The highest BCUT2D eigenvalue weighted by Crippen LogP contribution is 2.11. The molecule has 2 aromatic rings. The summed E-state index contributed by atoms with van der Waals surface area (Å²) in [6.45, 7) is 8.40. The molecule has 0 atom stereocenters. The summed E-state index contributed by atoms with van der Waals surface area (Å²) in [5.41, 5.74) is 2.85. The van der Waals surface area contributed by atoms with Crippen LogP contribution in [0.1, 0.15) is 42.6 Å². The van der Waals surface area contributed by atoms with Crippen LogP contribution in [0, 0.1) is 13.8 Å². The first-order chi connectivity index (χ1) is 9.13. The summed E-state index contributed by atoms with van der Waals surface area (Å²) in [5, 5.41) is 11.3. The van der Waals surface area contributed by atoms with E-state index in [1.807, 2.05) is 13.8 Å². The molecule has 0 amide bonds. The lowest BCUT2D eigenvalue weighted by Crippen LogP contribution is -2.09. The predicted molar refractivity (Wildman–Crippen MR) is 71.9 cm³/mol. The van der Waals surface area contributed by atoms with Gasteiger partial charge >= 0.3 is 0 Å². The van der Waals surface area contributed by atoms with Gasteiger partial charge in [0.15, 0.2) is 0 Å². The Balaban J connectivity index is 2.07. The number of oxazole rings is 1. The smallest absolute Gasteiger partial charge is 0.243 e. The average molecular weight is 261 g/mol. The van der Waals surface area contributed by atoms with Crippen molar-refractivity contribution in [1.29, 1.82) is 0 Å². The van der Waals surface area contributed by atoms with Crippen molar-refractivity contribution in [2.24, 2.45) is 0 Å². The van der Waals surface area contributed by atoms with Crippen molar-refractivity contribution < 1.29 is 4.42 Å². The Hall–Kier alpha value is -1.98. The van der Waals surface area contributed by atoms with Crippen LogP contribution in [0.25, 0.3) is 0 Å². The molecule has 0 saturated heterocycles. The maximum absolute atomic E-state index is 5.49. The average Bonchev–Trinajstić information content (AvgIpc) is 2.75. The molecule has 2 aromatic heterocycles. The molecule has 0 bridgehead atoms. The van der Waals surface area contributed by atoms with Gasteiger partial charge in [0.25, 0.3) is 0 Å². The molecular weight excluding hydrogens is 242 g/mol. The number of nitrogens with zero attached hydrogens (tertiary/aromatic N) is 4. The number of anilines is 1. The van der Waals surface area contributed by atoms with Crippen molar-refractivity contribution in [2.75, 3.05) is 5.32 Å². The molecule has 2 rings (SSSR count). The third kappa shape index (κ3) is 3.07. The van der Waals surface area contributed by atoms with E-state index < -0.39 is 0 Å². The van der Waals surface area contributed by atoms with Crippen LogP contribution in [-0.4, -0.2) is 20.2 Å². The van der Waals surface area contributed by atoms with Gasteiger partial charge in [-0.1, -0.05) is 13.8 Å². The summed E-state index contributed by atoms with van der Waals surface area (Å²) >= 11 is 0. The zero-order valence-electron chi connectivity index (χ0n) is 11.8. The molecule has 1 N–H and O–H groups in total. The third-order valence-electron chi connectivity index (χ3n) is 2.98. The SMILES string of the molecule is CCc1nnc(NCc2nc(C)c(C)o2)nc1CC. The second-order valence-electron chi connectivity index (χ2n) is 4.34. The Morgan fingerprint density at radius 1 is 1.00 bits per heavy atom. The van der Waals surface area contributed by atoms with Crippen molar-refractivity contribution in [1.82, 2.24) is 20.2 Å². The van der Waals surface area contributed by atoms with Gasteiger partial charge in [0.1, 0.15) is 5.76 Å². The van der Waals surface area contributed by atoms with E-state index in [4.69, 9.17) is 4.42 Å². The van der Waals surface area contributed by atoms with E-state index in [9.17, 15) is 0 Å². The molecule has 6 heteroatoms. The molecule has 0 fully saturated rings. The predicted octanol–water partition coefficient (Wildman–Crippen LogP) is 2.21. The first kappa shape index (κ1) is 13.5. The Kier molecular flexibility index (Phi) is 4.09. The van der Waals surface area contributed by atoms with Crippen molar-refractivity contribution in [3.05, 3.63) is 28.7 Å². The fourth-order valence-corrected chi connectivity index (χ4v) is 1.78. The van der Waals surface area contributed by atoms with Crippen LogP contribution in [0.4, 0.5) is 5.95 Å². The Bertz CT molecular complexity index is 545. The maximum atomic E-state index is 5.49. The van der Waals surface area contributed by atoms with Gasteiger partial charge in [0.2, 0.25) is 11.8 Å². The third-order valence-corrected chi connectivity index (χ3v) is 2.98. The van der Waals surface area contributed by atoms with Crippen LogP contribution in [0.2, 0.25) is 0 Å². The summed E-state index contributed by atoms with van der Waals surface area (Å²) in [7, 11) is 0. The van der Waals surface area contributed by atoms with Gasteiger partial charge in [-0.05, 0) is 26.7 Å². The first-order valence-electron chi connectivity index (χ1n) is 6.53. The lowest BCUT2D eigenvalue weighted by atomic mass is 10.2. The molecule has 0 radical (unpaired) electrons. The largest absolute Gasteiger partial charge is 0.444 e. The van der Waals surface area contributed by atoms with Crippen molar-refractivity contribution in [3.63, 3.8) is 0 Å². The van der Waals surface area contributed by atoms with Gasteiger partial charge in [0, 0.05) is 0 Å². The van der Waals surface area contributed by atoms with E-state index in [1.54, 1.807) is 0 Å². The lowest BCUT2D eigenvalue weighted by molar-refractivity contribution is 0.477. The second kappa shape index (κ2) is 5.77. The zero-order chi connectivity index (χ0) is 13.8. The normalized spacial score (nSPS) is 10.7. The van der Waals surface area contributed by atoms with E-state index in [1.165, 1.54) is 0 Å². The fourth-order valence-electron chi connectivity index (χ4n) is 1.78. The quantitative estimate of drug-likeness (QED) is 0.889. The number of aromatic nitrogens is 4. The van der Waals surface area contributed by atoms with Gasteiger partial charge in [-0.15, -0.1) is 5.10 Å². The summed E-state index contributed by atoms with van der Waals surface area (Å²) in [5.74, 6) is 1.99. The number of hydrogen-bond acceptors (Lipinski definition) is 6. The molecule has 0 spiro atoms. The molecule has 0 aromatic carbocycles. The maximum Gasteiger partial charge on any atom is 0.243 e. The lowest BCUT2D eigenvalue weighted by Gasteiger charge is -2.06. The van der Waals surface area contributed by atoms with Gasteiger partial charge in [-0.25, -0.2) is 9.97 Å². The highest BCUT2D eigenvalue weighted by Gasteiger charge is 2.08. The van der Waals surface area contributed by atoms with Crippen molar-refractivity contribution in [2.45, 2.75) is 47.1 Å². The van der Waals surface area contributed by atoms with Crippen LogP contribution in [0.15, 0.2) is 4.42 Å². The standard InChI is InChI=1S/C13H19N5O/c1-5-10-11(6-2)17-18-13(16-10)14-7-12-15-8(3)9(4)19-12/h5-7H2,1-4H3,(H,14,16,18). The van der Waals surface area contributed by atoms with E-state index in [-0.39, 0.29) is 0 Å². The molecule has 0 saturated carbocycles. The van der Waals surface area contributed by atoms with Crippen LogP contribution >= 0.6 is 0 Å². The molecule has 0 aliphatic carbocycles. The van der Waals surface area contributed by atoms with Gasteiger partial charge in [-0.2, -0.15) is 5.10 Å². The zero-order valence-corrected chi connectivity index (χ0v) is 11.8. The van der Waals surface area contributed by atoms with E-state index in [0.29, 0.717) is 18.4 Å². The monoisotopic (exact) mass is 261 g/mol.